The maximum Gasteiger partial charge on any atom is 0.291 e. The SMILES string of the molecule is Cc1ccc(OCC(=O)Nc2ccc(NC(=O)c3cc4ccccc4o3)c(C)c2)c(C)c1. The minimum atomic E-state index is -0.331. The second-order valence-electron chi connectivity index (χ2n) is 7.74. The van der Waals surface area contributed by atoms with Gasteiger partial charge in [-0.3, -0.25) is 9.59 Å². The maximum absolute atomic E-state index is 12.6. The van der Waals surface area contributed by atoms with E-state index in [2.05, 4.69) is 10.6 Å². The molecule has 0 spiro atoms. The van der Waals surface area contributed by atoms with Crippen LogP contribution >= 0.6 is 0 Å². The summed E-state index contributed by atoms with van der Waals surface area (Å²) in [4.78, 5) is 24.9. The first kappa shape index (κ1) is 21.2. The van der Waals surface area contributed by atoms with Gasteiger partial charge in [0.25, 0.3) is 11.8 Å². The number of hydrogen-bond donors (Lipinski definition) is 2. The van der Waals surface area contributed by atoms with Gasteiger partial charge in [0.15, 0.2) is 12.4 Å². The first-order chi connectivity index (χ1) is 15.4. The van der Waals surface area contributed by atoms with Crippen molar-refractivity contribution in [2.45, 2.75) is 20.8 Å². The van der Waals surface area contributed by atoms with Crippen LogP contribution in [-0.4, -0.2) is 18.4 Å². The summed E-state index contributed by atoms with van der Waals surface area (Å²) < 4.78 is 11.2. The van der Waals surface area contributed by atoms with Crippen LogP contribution < -0.4 is 15.4 Å². The largest absolute Gasteiger partial charge is 0.483 e. The van der Waals surface area contributed by atoms with Crippen LogP contribution in [0.3, 0.4) is 0 Å². The molecule has 1 heterocycles. The topological polar surface area (TPSA) is 80.6 Å². The molecule has 0 fully saturated rings. The summed E-state index contributed by atoms with van der Waals surface area (Å²) in [5.41, 5.74) is 4.86. The Morgan fingerprint density at radius 3 is 2.44 bits per heavy atom. The van der Waals surface area contributed by atoms with E-state index in [1.165, 1.54) is 0 Å². The Morgan fingerprint density at radius 2 is 1.69 bits per heavy atom. The number of furan rings is 1. The van der Waals surface area contributed by atoms with Crippen molar-refractivity contribution in [2.24, 2.45) is 0 Å². The van der Waals surface area contributed by atoms with E-state index in [-0.39, 0.29) is 24.2 Å². The van der Waals surface area contributed by atoms with Crippen LogP contribution in [0.5, 0.6) is 5.75 Å². The van der Waals surface area contributed by atoms with Gasteiger partial charge in [-0.25, -0.2) is 0 Å². The van der Waals surface area contributed by atoms with Crippen molar-refractivity contribution in [2.75, 3.05) is 17.2 Å². The fraction of sp³-hybridized carbons (Fsp3) is 0.154. The minimum absolute atomic E-state index is 0.0898. The average Bonchev–Trinajstić information content (AvgIpc) is 3.19. The van der Waals surface area contributed by atoms with Crippen LogP contribution in [0.25, 0.3) is 11.0 Å². The molecule has 0 aliphatic heterocycles. The van der Waals surface area contributed by atoms with Crippen molar-refractivity contribution in [3.8, 4) is 5.75 Å². The third-order valence-corrected chi connectivity index (χ3v) is 5.10. The minimum Gasteiger partial charge on any atom is -0.483 e. The fourth-order valence-corrected chi connectivity index (χ4v) is 3.46. The number of carbonyl (C=O) groups is 2. The Hall–Kier alpha value is -4.06. The smallest absolute Gasteiger partial charge is 0.291 e. The van der Waals surface area contributed by atoms with Crippen LogP contribution in [0.1, 0.15) is 27.2 Å². The van der Waals surface area contributed by atoms with E-state index in [4.69, 9.17) is 9.15 Å². The molecule has 0 atom stereocenters. The molecule has 0 saturated heterocycles. The van der Waals surface area contributed by atoms with Gasteiger partial charge in [-0.1, -0.05) is 35.9 Å². The third kappa shape index (κ3) is 4.81. The van der Waals surface area contributed by atoms with E-state index in [1.54, 1.807) is 24.3 Å². The molecule has 1 aromatic heterocycles. The van der Waals surface area contributed by atoms with E-state index >= 15 is 0 Å². The molecule has 4 rings (SSSR count). The monoisotopic (exact) mass is 428 g/mol. The lowest BCUT2D eigenvalue weighted by Crippen LogP contribution is -2.20. The second kappa shape index (κ2) is 8.98. The van der Waals surface area contributed by atoms with E-state index in [0.717, 1.165) is 22.1 Å². The zero-order valence-electron chi connectivity index (χ0n) is 18.2. The number of carbonyl (C=O) groups excluding carboxylic acids is 2. The maximum atomic E-state index is 12.6. The number of hydrogen-bond acceptors (Lipinski definition) is 4. The summed E-state index contributed by atoms with van der Waals surface area (Å²) in [6, 6.07) is 20.3. The van der Waals surface area contributed by atoms with Gasteiger partial charge in [0.1, 0.15) is 11.3 Å². The van der Waals surface area contributed by atoms with Crippen LogP contribution in [0, 0.1) is 20.8 Å². The number of amides is 2. The number of anilines is 2. The molecule has 2 N–H and O–H groups in total. The number of fused-ring (bicyclic) bond motifs is 1. The molecule has 162 valence electrons. The van der Waals surface area contributed by atoms with Crippen molar-refractivity contribution in [1.29, 1.82) is 0 Å². The number of rotatable bonds is 6. The summed E-state index contributed by atoms with van der Waals surface area (Å²) in [7, 11) is 0. The Labute approximate surface area is 186 Å². The average molecular weight is 428 g/mol. The molecular weight excluding hydrogens is 404 g/mol. The standard InChI is InChI=1S/C26H24N2O4/c1-16-8-11-22(18(3)12-16)31-15-25(29)27-20-9-10-21(17(2)13-20)28-26(30)24-14-19-6-4-5-7-23(19)32-24/h4-14H,15H2,1-3H3,(H,27,29)(H,28,30). The molecular formula is C26H24N2O4. The highest BCUT2D eigenvalue weighted by atomic mass is 16.5. The van der Waals surface area contributed by atoms with Crippen LogP contribution in [-0.2, 0) is 4.79 Å². The summed E-state index contributed by atoms with van der Waals surface area (Å²) >= 11 is 0. The predicted molar refractivity (Wildman–Crippen MR) is 125 cm³/mol. The Morgan fingerprint density at radius 1 is 0.875 bits per heavy atom. The number of aryl methyl sites for hydroxylation is 3. The van der Waals surface area contributed by atoms with Crippen molar-refractivity contribution >= 4 is 34.2 Å². The molecule has 0 radical (unpaired) electrons. The zero-order chi connectivity index (χ0) is 22.7. The molecule has 2 amide bonds. The van der Waals surface area contributed by atoms with Gasteiger partial charge < -0.3 is 19.8 Å². The van der Waals surface area contributed by atoms with E-state index < -0.39 is 0 Å². The highest BCUT2D eigenvalue weighted by Gasteiger charge is 2.14. The molecule has 0 aliphatic rings. The Bertz CT molecular complexity index is 1270. The summed E-state index contributed by atoms with van der Waals surface area (Å²) in [5.74, 6) is 0.337. The predicted octanol–water partition coefficient (Wildman–Crippen LogP) is 5.63. The van der Waals surface area contributed by atoms with Gasteiger partial charge >= 0.3 is 0 Å². The molecule has 3 aromatic carbocycles. The molecule has 6 nitrogen and oxygen atoms in total. The molecule has 4 aromatic rings. The normalized spacial score (nSPS) is 10.7. The number of benzene rings is 3. The van der Waals surface area contributed by atoms with Gasteiger partial charge in [-0.2, -0.15) is 0 Å². The van der Waals surface area contributed by atoms with Gasteiger partial charge in [0.2, 0.25) is 0 Å². The van der Waals surface area contributed by atoms with E-state index in [9.17, 15) is 9.59 Å². The molecule has 0 bridgehead atoms. The second-order valence-corrected chi connectivity index (χ2v) is 7.74. The number of nitrogens with one attached hydrogen (secondary N) is 2. The quantitative estimate of drug-likeness (QED) is 0.417. The lowest BCUT2D eigenvalue weighted by Gasteiger charge is -2.12. The zero-order valence-corrected chi connectivity index (χ0v) is 18.2. The lowest BCUT2D eigenvalue weighted by atomic mass is 10.1. The summed E-state index contributed by atoms with van der Waals surface area (Å²) in [6.07, 6.45) is 0. The van der Waals surface area contributed by atoms with Crippen molar-refractivity contribution in [3.63, 3.8) is 0 Å². The van der Waals surface area contributed by atoms with E-state index in [1.807, 2.05) is 63.2 Å². The molecule has 32 heavy (non-hydrogen) atoms. The van der Waals surface area contributed by atoms with Gasteiger partial charge in [0.05, 0.1) is 0 Å². The molecule has 0 unspecified atom stereocenters. The molecule has 0 aliphatic carbocycles. The summed E-state index contributed by atoms with van der Waals surface area (Å²) in [6.45, 7) is 5.72. The molecule has 6 heteroatoms. The van der Waals surface area contributed by atoms with Gasteiger partial charge in [-0.15, -0.1) is 0 Å². The van der Waals surface area contributed by atoms with Gasteiger partial charge in [0, 0.05) is 16.8 Å². The first-order valence-electron chi connectivity index (χ1n) is 10.3. The number of para-hydroxylation sites is 1. The Kier molecular flexibility index (Phi) is 5.94. The third-order valence-electron chi connectivity index (χ3n) is 5.10. The highest BCUT2D eigenvalue weighted by Crippen LogP contribution is 2.23. The number of ether oxygens (including phenoxy) is 1. The highest BCUT2D eigenvalue weighted by molar-refractivity contribution is 6.05. The van der Waals surface area contributed by atoms with Crippen molar-refractivity contribution < 1.29 is 18.7 Å². The van der Waals surface area contributed by atoms with Gasteiger partial charge in [-0.05, 0) is 68.3 Å². The summed E-state index contributed by atoms with van der Waals surface area (Å²) in [5, 5.41) is 6.54. The van der Waals surface area contributed by atoms with Crippen LogP contribution in [0.15, 0.2) is 71.1 Å². The lowest BCUT2D eigenvalue weighted by molar-refractivity contribution is -0.118. The van der Waals surface area contributed by atoms with Crippen LogP contribution in [0.4, 0.5) is 11.4 Å². The van der Waals surface area contributed by atoms with Crippen LogP contribution in [0.2, 0.25) is 0 Å². The van der Waals surface area contributed by atoms with E-state index in [0.29, 0.717) is 22.7 Å². The Balaban J connectivity index is 1.37. The van der Waals surface area contributed by atoms with Crippen molar-refractivity contribution in [1.82, 2.24) is 0 Å². The van der Waals surface area contributed by atoms with Crippen molar-refractivity contribution in [3.05, 3.63) is 89.2 Å². The fourth-order valence-electron chi connectivity index (χ4n) is 3.46. The first-order valence-corrected chi connectivity index (χ1v) is 10.3. The molecule has 0 saturated carbocycles.